The predicted octanol–water partition coefficient (Wildman–Crippen LogP) is 2.54. The van der Waals surface area contributed by atoms with E-state index >= 15 is 0 Å². The molecule has 1 aromatic carbocycles. The minimum Gasteiger partial charge on any atom is -0.495 e. The molecule has 0 spiro atoms. The van der Waals surface area contributed by atoms with Crippen LogP contribution in [-0.2, 0) is 4.79 Å². The Labute approximate surface area is 115 Å². The summed E-state index contributed by atoms with van der Waals surface area (Å²) in [6, 6.07) is 7.32. The lowest BCUT2D eigenvalue weighted by atomic mass is 10.3. The molecule has 2 N–H and O–H groups in total. The number of hydrogen-bond donors (Lipinski definition) is 2. The van der Waals surface area contributed by atoms with Crippen LogP contribution in [0.5, 0.6) is 5.75 Å². The van der Waals surface area contributed by atoms with Gasteiger partial charge in [0.25, 0.3) is 0 Å². The molecule has 6 heteroatoms. The number of nitrogens with one attached hydrogen (secondary N) is 2. The van der Waals surface area contributed by atoms with E-state index in [0.717, 1.165) is 5.16 Å². The van der Waals surface area contributed by atoms with Crippen molar-refractivity contribution in [2.24, 2.45) is 0 Å². The molecule has 0 saturated heterocycles. The second-order valence-corrected chi connectivity index (χ2v) is 5.17. The van der Waals surface area contributed by atoms with Crippen LogP contribution in [0.2, 0.25) is 0 Å². The Kier molecular flexibility index (Phi) is 4.46. The number of ether oxygens (including phenoxy) is 1. The summed E-state index contributed by atoms with van der Waals surface area (Å²) < 4.78 is 5.19. The predicted molar refractivity (Wildman–Crippen MR) is 75.5 cm³/mol. The van der Waals surface area contributed by atoms with Crippen molar-refractivity contribution in [2.75, 3.05) is 12.4 Å². The second-order valence-electron chi connectivity index (χ2n) is 3.84. The number of methoxy groups -OCH3 is 1. The molecule has 19 heavy (non-hydrogen) atoms. The zero-order valence-corrected chi connectivity index (χ0v) is 11.5. The maximum absolute atomic E-state index is 12.1. The van der Waals surface area contributed by atoms with Crippen molar-refractivity contribution >= 4 is 23.4 Å². The van der Waals surface area contributed by atoms with E-state index in [1.54, 1.807) is 31.6 Å². The smallest absolute Gasteiger partial charge is 0.237 e. The fraction of sp³-hybridized carbons (Fsp3) is 0.231. The van der Waals surface area contributed by atoms with Crippen LogP contribution in [0.25, 0.3) is 0 Å². The average Bonchev–Trinajstić information content (AvgIpc) is 2.92. The molecule has 0 radical (unpaired) electrons. The molecule has 100 valence electrons. The number of nitrogens with zero attached hydrogens (tertiary/aromatic N) is 1. The summed E-state index contributed by atoms with van der Waals surface area (Å²) in [6.07, 6.45) is 3.39. The van der Waals surface area contributed by atoms with Crippen LogP contribution in [0, 0.1) is 0 Å². The number of thioether (sulfide) groups is 1. The minimum atomic E-state index is -0.254. The van der Waals surface area contributed by atoms with E-state index < -0.39 is 0 Å². The second kappa shape index (κ2) is 6.29. The maximum Gasteiger partial charge on any atom is 0.237 e. The normalized spacial score (nSPS) is 11.9. The zero-order chi connectivity index (χ0) is 13.7. The molecule has 1 atom stereocenters. The number of para-hydroxylation sites is 2. The fourth-order valence-corrected chi connectivity index (χ4v) is 2.28. The van der Waals surface area contributed by atoms with Gasteiger partial charge in [-0.3, -0.25) is 4.79 Å². The molecule has 5 nitrogen and oxygen atoms in total. The Balaban J connectivity index is 2.00. The van der Waals surface area contributed by atoms with Gasteiger partial charge in [0.1, 0.15) is 5.75 Å². The molecular formula is C13H15N3O2S. The summed E-state index contributed by atoms with van der Waals surface area (Å²) in [5.74, 6) is 0.553. The molecule has 1 aromatic heterocycles. The summed E-state index contributed by atoms with van der Waals surface area (Å²) in [6.45, 7) is 1.83. The number of rotatable bonds is 5. The Bertz CT molecular complexity index is 543. The number of H-pyrrole nitrogens is 1. The molecule has 0 aliphatic rings. The van der Waals surface area contributed by atoms with Gasteiger partial charge in [0.15, 0.2) is 5.16 Å². The molecule has 2 aromatic rings. The summed E-state index contributed by atoms with van der Waals surface area (Å²) >= 11 is 1.37. The van der Waals surface area contributed by atoms with Gasteiger partial charge in [0.05, 0.1) is 18.0 Å². The van der Waals surface area contributed by atoms with Gasteiger partial charge in [-0.2, -0.15) is 0 Å². The molecule has 0 aliphatic carbocycles. The van der Waals surface area contributed by atoms with E-state index in [1.165, 1.54) is 11.8 Å². The van der Waals surface area contributed by atoms with Gasteiger partial charge < -0.3 is 15.0 Å². The zero-order valence-electron chi connectivity index (χ0n) is 10.7. The molecule has 1 unspecified atom stereocenters. The van der Waals surface area contributed by atoms with E-state index in [-0.39, 0.29) is 11.2 Å². The Morgan fingerprint density at radius 1 is 1.47 bits per heavy atom. The first kappa shape index (κ1) is 13.5. The number of carbonyl (C=O) groups excluding carboxylic acids is 1. The van der Waals surface area contributed by atoms with Crippen LogP contribution in [0.4, 0.5) is 5.69 Å². The van der Waals surface area contributed by atoms with E-state index in [1.807, 2.05) is 19.1 Å². The Morgan fingerprint density at radius 2 is 2.26 bits per heavy atom. The van der Waals surface area contributed by atoms with Crippen LogP contribution in [0.3, 0.4) is 0 Å². The number of aromatic nitrogens is 2. The van der Waals surface area contributed by atoms with Crippen molar-refractivity contribution in [1.82, 2.24) is 9.97 Å². The van der Waals surface area contributed by atoms with Crippen LogP contribution in [-0.4, -0.2) is 28.2 Å². The molecule has 0 aliphatic heterocycles. The molecule has 0 saturated carbocycles. The topological polar surface area (TPSA) is 67.0 Å². The Morgan fingerprint density at radius 3 is 2.95 bits per heavy atom. The van der Waals surface area contributed by atoms with Gasteiger partial charge in [-0.05, 0) is 19.1 Å². The van der Waals surface area contributed by atoms with Gasteiger partial charge in [-0.15, -0.1) is 0 Å². The summed E-state index contributed by atoms with van der Waals surface area (Å²) in [4.78, 5) is 19.1. The summed E-state index contributed by atoms with van der Waals surface area (Å²) in [7, 11) is 1.58. The first-order valence-electron chi connectivity index (χ1n) is 5.80. The number of benzene rings is 1. The summed E-state index contributed by atoms with van der Waals surface area (Å²) in [5, 5.41) is 3.32. The first-order chi connectivity index (χ1) is 9.20. The van der Waals surface area contributed by atoms with Crippen LogP contribution in [0.1, 0.15) is 6.92 Å². The standard InChI is InChI=1S/C13H15N3O2S/c1-9(19-13-14-7-8-15-13)12(17)16-10-5-3-4-6-11(10)18-2/h3-9H,1-2H3,(H,14,15)(H,16,17). The van der Waals surface area contributed by atoms with Gasteiger partial charge in [0.2, 0.25) is 5.91 Å². The monoisotopic (exact) mass is 277 g/mol. The van der Waals surface area contributed by atoms with Crippen molar-refractivity contribution in [2.45, 2.75) is 17.3 Å². The van der Waals surface area contributed by atoms with Gasteiger partial charge >= 0.3 is 0 Å². The van der Waals surface area contributed by atoms with Crippen molar-refractivity contribution < 1.29 is 9.53 Å². The van der Waals surface area contributed by atoms with Crippen molar-refractivity contribution in [3.8, 4) is 5.75 Å². The fourth-order valence-electron chi connectivity index (χ4n) is 1.52. The summed E-state index contributed by atoms with van der Waals surface area (Å²) in [5.41, 5.74) is 0.668. The van der Waals surface area contributed by atoms with Crippen molar-refractivity contribution in [3.63, 3.8) is 0 Å². The largest absolute Gasteiger partial charge is 0.495 e. The third kappa shape index (κ3) is 3.51. The van der Waals surface area contributed by atoms with Crippen molar-refractivity contribution in [3.05, 3.63) is 36.7 Å². The third-order valence-electron chi connectivity index (χ3n) is 2.50. The highest BCUT2D eigenvalue weighted by molar-refractivity contribution is 8.00. The molecule has 1 heterocycles. The number of imidazole rings is 1. The van der Waals surface area contributed by atoms with Gasteiger partial charge in [-0.1, -0.05) is 23.9 Å². The van der Waals surface area contributed by atoms with E-state index in [9.17, 15) is 4.79 Å². The van der Waals surface area contributed by atoms with E-state index in [0.29, 0.717) is 11.4 Å². The SMILES string of the molecule is COc1ccccc1NC(=O)C(C)Sc1ncc[nH]1. The van der Waals surface area contributed by atoms with Crippen LogP contribution >= 0.6 is 11.8 Å². The molecule has 2 rings (SSSR count). The first-order valence-corrected chi connectivity index (χ1v) is 6.68. The number of aromatic amines is 1. The van der Waals surface area contributed by atoms with E-state index in [2.05, 4.69) is 15.3 Å². The highest BCUT2D eigenvalue weighted by Gasteiger charge is 2.16. The lowest BCUT2D eigenvalue weighted by Gasteiger charge is -2.13. The van der Waals surface area contributed by atoms with Gasteiger partial charge in [-0.25, -0.2) is 4.98 Å². The number of carbonyl (C=O) groups is 1. The van der Waals surface area contributed by atoms with Crippen LogP contribution < -0.4 is 10.1 Å². The Hall–Kier alpha value is -1.95. The molecule has 1 amide bonds. The lowest BCUT2D eigenvalue weighted by molar-refractivity contribution is -0.115. The average molecular weight is 277 g/mol. The lowest BCUT2D eigenvalue weighted by Crippen LogP contribution is -2.22. The minimum absolute atomic E-state index is 0.0918. The third-order valence-corrected chi connectivity index (χ3v) is 3.51. The highest BCUT2D eigenvalue weighted by atomic mass is 32.2. The maximum atomic E-state index is 12.1. The number of anilines is 1. The molecule has 0 fully saturated rings. The highest BCUT2D eigenvalue weighted by Crippen LogP contribution is 2.25. The number of amides is 1. The van der Waals surface area contributed by atoms with Gasteiger partial charge in [0, 0.05) is 12.4 Å². The molecular weight excluding hydrogens is 262 g/mol. The molecule has 0 bridgehead atoms. The van der Waals surface area contributed by atoms with E-state index in [4.69, 9.17) is 4.74 Å². The van der Waals surface area contributed by atoms with Crippen molar-refractivity contribution in [1.29, 1.82) is 0 Å². The number of hydrogen-bond acceptors (Lipinski definition) is 4. The quantitative estimate of drug-likeness (QED) is 0.824. The van der Waals surface area contributed by atoms with Crippen LogP contribution in [0.15, 0.2) is 41.8 Å².